The number of rotatable bonds is 4. The van der Waals surface area contributed by atoms with Gasteiger partial charge in [0.05, 0.1) is 11.3 Å². The molecule has 2 rings (SSSR count). The Bertz CT molecular complexity index is 745. The molecule has 0 aliphatic heterocycles. The Morgan fingerprint density at radius 3 is 2.33 bits per heavy atom. The van der Waals surface area contributed by atoms with Crippen LogP contribution in [0.15, 0.2) is 42.5 Å². The lowest BCUT2D eigenvalue weighted by atomic mass is 10.1. The van der Waals surface area contributed by atoms with Crippen molar-refractivity contribution in [3.8, 4) is 0 Å². The highest BCUT2D eigenvalue weighted by Crippen LogP contribution is 2.34. The van der Waals surface area contributed by atoms with Crippen LogP contribution in [-0.2, 0) is 11.0 Å². The van der Waals surface area contributed by atoms with Crippen LogP contribution in [0.25, 0.3) is 0 Å². The van der Waals surface area contributed by atoms with Crippen LogP contribution in [0.3, 0.4) is 0 Å². The van der Waals surface area contributed by atoms with Crippen LogP contribution in [0.2, 0.25) is 0 Å². The van der Waals surface area contributed by atoms with Crippen LogP contribution in [-0.4, -0.2) is 11.9 Å². The van der Waals surface area contributed by atoms with E-state index in [1.807, 2.05) is 0 Å². The van der Waals surface area contributed by atoms with Gasteiger partial charge in [-0.3, -0.25) is 4.79 Å². The number of hydrogen-bond acceptors (Lipinski definition) is 2. The molecule has 2 N–H and O–H groups in total. The van der Waals surface area contributed by atoms with Gasteiger partial charge in [-0.15, -0.1) is 0 Å². The molecule has 0 aromatic heterocycles. The first kappa shape index (κ1) is 17.7. The fraction of sp³-hybridized carbons (Fsp3) is 0.188. The molecular formula is C16H13F5N2O. The third-order valence-electron chi connectivity index (χ3n) is 3.19. The fourth-order valence-corrected chi connectivity index (χ4v) is 1.98. The van der Waals surface area contributed by atoms with E-state index in [9.17, 15) is 26.7 Å². The number of benzene rings is 2. The van der Waals surface area contributed by atoms with Gasteiger partial charge in [0.1, 0.15) is 6.04 Å². The van der Waals surface area contributed by atoms with Crippen molar-refractivity contribution in [3.05, 3.63) is 59.7 Å². The van der Waals surface area contributed by atoms with Gasteiger partial charge >= 0.3 is 6.18 Å². The molecule has 2 aromatic carbocycles. The lowest BCUT2D eigenvalue weighted by Crippen LogP contribution is -2.32. The number of amides is 1. The van der Waals surface area contributed by atoms with Gasteiger partial charge in [-0.1, -0.05) is 12.1 Å². The van der Waals surface area contributed by atoms with E-state index in [1.54, 1.807) is 0 Å². The number of para-hydroxylation sites is 1. The van der Waals surface area contributed by atoms with Crippen LogP contribution in [0, 0.1) is 11.6 Å². The van der Waals surface area contributed by atoms with E-state index in [-0.39, 0.29) is 11.4 Å². The Morgan fingerprint density at radius 1 is 1.04 bits per heavy atom. The van der Waals surface area contributed by atoms with Crippen molar-refractivity contribution < 1.29 is 26.7 Å². The maximum Gasteiger partial charge on any atom is 0.418 e. The summed E-state index contributed by atoms with van der Waals surface area (Å²) in [7, 11) is 0. The lowest BCUT2D eigenvalue weighted by molar-refractivity contribution is -0.137. The molecule has 0 fully saturated rings. The van der Waals surface area contributed by atoms with Crippen molar-refractivity contribution in [2.24, 2.45) is 0 Å². The molecule has 1 amide bonds. The standard InChI is InChI=1S/C16H13F5N2O/c1-9(22-10-6-7-12(17)13(18)8-10)15(24)23-14-5-3-2-4-11(14)16(19,20)21/h2-9,22H,1H3,(H,23,24). The highest BCUT2D eigenvalue weighted by molar-refractivity contribution is 5.96. The normalized spacial score (nSPS) is 12.6. The SMILES string of the molecule is CC(Nc1ccc(F)c(F)c1)C(=O)Nc1ccccc1C(F)(F)F. The van der Waals surface area contributed by atoms with Crippen molar-refractivity contribution >= 4 is 17.3 Å². The molecule has 3 nitrogen and oxygen atoms in total. The van der Waals surface area contributed by atoms with E-state index in [0.717, 1.165) is 24.3 Å². The Hall–Kier alpha value is -2.64. The first-order valence-corrected chi connectivity index (χ1v) is 6.87. The number of hydrogen-bond donors (Lipinski definition) is 2. The second-order valence-electron chi connectivity index (χ2n) is 5.03. The highest BCUT2D eigenvalue weighted by Gasteiger charge is 2.33. The van der Waals surface area contributed by atoms with Crippen molar-refractivity contribution in [1.82, 2.24) is 0 Å². The van der Waals surface area contributed by atoms with Crippen molar-refractivity contribution in [1.29, 1.82) is 0 Å². The predicted octanol–water partition coefficient (Wildman–Crippen LogP) is 4.42. The summed E-state index contributed by atoms with van der Waals surface area (Å²) in [6.45, 7) is 1.38. The van der Waals surface area contributed by atoms with E-state index in [1.165, 1.54) is 25.1 Å². The summed E-state index contributed by atoms with van der Waals surface area (Å²) in [5, 5.41) is 4.76. The summed E-state index contributed by atoms with van der Waals surface area (Å²) < 4.78 is 64.6. The van der Waals surface area contributed by atoms with Crippen molar-refractivity contribution in [2.75, 3.05) is 10.6 Å². The Labute approximate surface area is 134 Å². The number of halogens is 5. The molecule has 128 valence electrons. The molecule has 8 heteroatoms. The monoisotopic (exact) mass is 344 g/mol. The summed E-state index contributed by atoms with van der Waals surface area (Å²) in [6.07, 6.45) is -4.61. The second kappa shape index (κ2) is 6.86. The zero-order chi connectivity index (χ0) is 17.9. The first-order valence-electron chi connectivity index (χ1n) is 6.87. The average molecular weight is 344 g/mol. The van der Waals surface area contributed by atoms with Gasteiger partial charge < -0.3 is 10.6 Å². The van der Waals surface area contributed by atoms with Crippen LogP contribution in [0.4, 0.5) is 33.3 Å². The minimum atomic E-state index is -4.61. The zero-order valence-electron chi connectivity index (χ0n) is 12.4. The van der Waals surface area contributed by atoms with Gasteiger partial charge in [-0.2, -0.15) is 13.2 Å². The second-order valence-corrected chi connectivity index (χ2v) is 5.03. The van der Waals surface area contributed by atoms with E-state index in [0.29, 0.717) is 0 Å². The van der Waals surface area contributed by atoms with Crippen LogP contribution in [0.5, 0.6) is 0 Å². The predicted molar refractivity (Wildman–Crippen MR) is 79.5 cm³/mol. The molecule has 0 heterocycles. The molecule has 24 heavy (non-hydrogen) atoms. The van der Waals surface area contributed by atoms with Gasteiger partial charge in [0, 0.05) is 11.8 Å². The van der Waals surface area contributed by atoms with E-state index >= 15 is 0 Å². The van der Waals surface area contributed by atoms with E-state index < -0.39 is 35.3 Å². The summed E-state index contributed by atoms with van der Waals surface area (Å²) in [5.41, 5.74) is -1.23. The quantitative estimate of drug-likeness (QED) is 0.806. The third-order valence-corrected chi connectivity index (χ3v) is 3.19. The maximum atomic E-state index is 13.1. The molecule has 1 atom stereocenters. The first-order chi connectivity index (χ1) is 11.2. The van der Waals surface area contributed by atoms with Gasteiger partial charge in [0.25, 0.3) is 0 Å². The van der Waals surface area contributed by atoms with Crippen LogP contribution < -0.4 is 10.6 Å². The van der Waals surface area contributed by atoms with Crippen LogP contribution >= 0.6 is 0 Å². The summed E-state index contributed by atoms with van der Waals surface area (Å²) in [5.74, 6) is -2.90. The molecule has 0 saturated carbocycles. The molecular weight excluding hydrogens is 331 g/mol. The number of carbonyl (C=O) groups is 1. The number of carbonyl (C=O) groups excluding carboxylic acids is 1. The van der Waals surface area contributed by atoms with E-state index in [2.05, 4.69) is 10.6 Å². The molecule has 0 spiro atoms. The Morgan fingerprint density at radius 2 is 1.71 bits per heavy atom. The minimum Gasteiger partial charge on any atom is -0.374 e. The number of alkyl halides is 3. The zero-order valence-corrected chi connectivity index (χ0v) is 12.4. The largest absolute Gasteiger partial charge is 0.418 e. The molecule has 0 bridgehead atoms. The summed E-state index contributed by atoms with van der Waals surface area (Å²) in [6, 6.07) is 6.51. The number of anilines is 2. The molecule has 0 aliphatic carbocycles. The van der Waals surface area contributed by atoms with Gasteiger partial charge in [-0.05, 0) is 31.2 Å². The fourth-order valence-electron chi connectivity index (χ4n) is 1.98. The highest BCUT2D eigenvalue weighted by atomic mass is 19.4. The summed E-state index contributed by atoms with van der Waals surface area (Å²) in [4.78, 5) is 12.0. The molecule has 0 radical (unpaired) electrons. The topological polar surface area (TPSA) is 41.1 Å². The molecule has 0 saturated heterocycles. The van der Waals surface area contributed by atoms with Crippen LogP contribution in [0.1, 0.15) is 12.5 Å². The lowest BCUT2D eigenvalue weighted by Gasteiger charge is -2.18. The Kier molecular flexibility index (Phi) is 5.06. The molecule has 1 unspecified atom stereocenters. The average Bonchev–Trinajstić information content (AvgIpc) is 2.50. The third kappa shape index (κ3) is 4.21. The molecule has 2 aromatic rings. The van der Waals surface area contributed by atoms with Gasteiger partial charge in [0.2, 0.25) is 5.91 Å². The van der Waals surface area contributed by atoms with E-state index in [4.69, 9.17) is 0 Å². The van der Waals surface area contributed by atoms with Gasteiger partial charge in [0.15, 0.2) is 11.6 Å². The molecule has 0 aliphatic rings. The summed E-state index contributed by atoms with van der Waals surface area (Å²) >= 11 is 0. The van der Waals surface area contributed by atoms with Crippen molar-refractivity contribution in [3.63, 3.8) is 0 Å². The minimum absolute atomic E-state index is 0.126. The Balaban J connectivity index is 2.11. The van der Waals surface area contributed by atoms with Gasteiger partial charge in [-0.25, -0.2) is 8.78 Å². The number of nitrogens with one attached hydrogen (secondary N) is 2. The van der Waals surface area contributed by atoms with Crippen molar-refractivity contribution in [2.45, 2.75) is 19.1 Å². The smallest absolute Gasteiger partial charge is 0.374 e. The maximum absolute atomic E-state index is 13.1.